The number of ether oxygens (including phenoxy) is 1. The van der Waals surface area contributed by atoms with Gasteiger partial charge in [0.1, 0.15) is 5.82 Å². The number of aromatic nitrogens is 4. The third kappa shape index (κ3) is 10.8. The fourth-order valence-corrected chi connectivity index (χ4v) is 11.6. The van der Waals surface area contributed by atoms with Gasteiger partial charge in [-0.3, -0.25) is 4.57 Å². The van der Waals surface area contributed by atoms with E-state index in [0.717, 1.165) is 44.7 Å². The molecule has 0 aliphatic rings. The Labute approximate surface area is 495 Å². The second kappa shape index (κ2) is 22.0. The summed E-state index contributed by atoms with van der Waals surface area (Å²) in [5, 5.41) is 2.23. The molecule has 0 spiro atoms. The number of imidazole rings is 1. The Bertz CT molecular complexity index is 3950. The first-order valence-electron chi connectivity index (χ1n) is 28.4. The van der Waals surface area contributed by atoms with Crippen molar-refractivity contribution in [2.45, 2.75) is 124 Å². The Hall–Kier alpha value is -7.59. The van der Waals surface area contributed by atoms with E-state index in [2.05, 4.69) is 304 Å². The van der Waals surface area contributed by atoms with Gasteiger partial charge in [0.05, 0.1) is 11.4 Å². The van der Waals surface area contributed by atoms with Crippen molar-refractivity contribution in [2.75, 3.05) is 0 Å². The first-order chi connectivity index (χ1) is 38.2. The van der Waals surface area contributed by atoms with E-state index in [1.54, 1.807) is 0 Å². The van der Waals surface area contributed by atoms with Crippen LogP contribution in [0, 0.1) is 18.5 Å². The van der Waals surface area contributed by atoms with Gasteiger partial charge in [-0.1, -0.05) is 223 Å². The van der Waals surface area contributed by atoms with E-state index in [4.69, 9.17) is 9.72 Å². The molecule has 0 unspecified atom stereocenters. The largest absolute Gasteiger partial charge is 0.510 e. The number of benzene rings is 8. The Balaban J connectivity index is 0.00000736. The molecule has 0 radical (unpaired) electrons. The molecule has 0 bridgehead atoms. The minimum absolute atomic E-state index is 0. The van der Waals surface area contributed by atoms with E-state index in [1.807, 2.05) is 18.3 Å². The molecule has 0 saturated heterocycles. The number of fused-ring (bicyclic) bond motifs is 3. The summed E-state index contributed by atoms with van der Waals surface area (Å²) in [5.74, 6) is 2.51. The van der Waals surface area contributed by atoms with Crippen LogP contribution < -0.4 is 9.30 Å². The van der Waals surface area contributed by atoms with E-state index < -0.39 is 0 Å². The zero-order valence-corrected chi connectivity index (χ0v) is 51.5. The molecule has 3 aromatic heterocycles. The Morgan fingerprint density at radius 2 is 1.02 bits per heavy atom. The first kappa shape index (κ1) is 56.7. The molecular formula is C75H74N4OPt-2. The van der Waals surface area contributed by atoms with Crippen LogP contribution in [0.3, 0.4) is 0 Å². The number of pyridine rings is 1. The molecule has 0 N–H and O–H groups in total. The van der Waals surface area contributed by atoms with Crippen molar-refractivity contribution in [1.29, 1.82) is 0 Å². The summed E-state index contributed by atoms with van der Waals surface area (Å²) in [6, 6.07) is 75.4. The quantitative estimate of drug-likeness (QED) is 0.0803. The molecule has 0 amide bonds. The van der Waals surface area contributed by atoms with Crippen molar-refractivity contribution in [3.8, 4) is 39.9 Å². The van der Waals surface area contributed by atoms with Crippen LogP contribution in [-0.2, 0) is 42.7 Å². The zero-order valence-electron chi connectivity index (χ0n) is 49.2. The maximum atomic E-state index is 6.92. The first-order valence-corrected chi connectivity index (χ1v) is 28.4. The fraction of sp³-hybridized carbons (Fsp3) is 0.253. The van der Waals surface area contributed by atoms with Gasteiger partial charge in [-0.2, -0.15) is 18.2 Å². The van der Waals surface area contributed by atoms with Gasteiger partial charge in [-0.25, -0.2) is 4.98 Å². The SMILES string of the molecule is CC(C)c1cccc(C(C)C)c1-c1c[n+](-c2cc(C(C)(C)c3ccccc3)cc(C(C)(C)c3ccccc3)c2)[c-]n1-c1[c-]c(Oc2[c-]c3c(cc2)c2cc(C(C)(C)C)ccc2n3-c2cc(C(C)(C)c3ccccc3)ccn2)ccc1.[Pt]. The second-order valence-electron chi connectivity index (χ2n) is 25.0. The normalized spacial score (nSPS) is 12.4. The molecule has 81 heavy (non-hydrogen) atoms. The average Bonchev–Trinajstić information content (AvgIpc) is 4.11. The molecule has 0 saturated carbocycles. The maximum Gasteiger partial charge on any atom is 0.267 e. The van der Waals surface area contributed by atoms with Crippen LogP contribution in [-0.4, -0.2) is 14.1 Å². The molecule has 0 atom stereocenters. The predicted molar refractivity (Wildman–Crippen MR) is 330 cm³/mol. The maximum absolute atomic E-state index is 6.92. The third-order valence-electron chi connectivity index (χ3n) is 16.9. The van der Waals surface area contributed by atoms with E-state index in [1.165, 1.54) is 55.6 Å². The standard InChI is InChI=1S/C75H74N4O.Pt/c1-50(2)63-33-24-34-64(51(3)4)71(63)69-48-77(60-42-57(74(10,11)53-27-19-15-20-28-53)41-58(43-60)75(12,13)54-29-21-16-22-30-54)49-78(69)59-31-23-32-61(46-59)80-62-36-37-65-66-44-55(72(5,6)7)35-38-67(66)79(68(65)47-62)70-45-56(39-40-76-70)73(8,9)52-25-17-14-18-26-52;/h14-45,48,50-51H,1-13H3;/q-2;. The van der Waals surface area contributed by atoms with Crippen LogP contribution in [0.4, 0.5) is 0 Å². The summed E-state index contributed by atoms with van der Waals surface area (Å²) >= 11 is 0. The van der Waals surface area contributed by atoms with Crippen molar-refractivity contribution >= 4 is 21.8 Å². The summed E-state index contributed by atoms with van der Waals surface area (Å²) < 4.78 is 13.5. The Kier molecular flexibility index (Phi) is 15.4. The van der Waals surface area contributed by atoms with Crippen molar-refractivity contribution in [1.82, 2.24) is 14.1 Å². The molecule has 6 heteroatoms. The summed E-state index contributed by atoms with van der Waals surface area (Å²) in [6.45, 7) is 29.8. The van der Waals surface area contributed by atoms with Gasteiger partial charge in [0, 0.05) is 66.7 Å². The Morgan fingerprint density at radius 1 is 0.481 bits per heavy atom. The van der Waals surface area contributed by atoms with Gasteiger partial charge in [-0.05, 0) is 114 Å². The molecule has 0 aliphatic carbocycles. The molecule has 0 fully saturated rings. The third-order valence-corrected chi connectivity index (χ3v) is 16.9. The predicted octanol–water partition coefficient (Wildman–Crippen LogP) is 18.6. The average molecular weight is 1240 g/mol. The molecule has 5 nitrogen and oxygen atoms in total. The summed E-state index contributed by atoms with van der Waals surface area (Å²) in [7, 11) is 0. The van der Waals surface area contributed by atoms with Crippen LogP contribution >= 0.6 is 0 Å². The summed E-state index contributed by atoms with van der Waals surface area (Å²) in [6.07, 6.45) is 8.12. The van der Waals surface area contributed by atoms with Crippen LogP contribution in [0.25, 0.3) is 50.3 Å². The second-order valence-corrected chi connectivity index (χ2v) is 25.0. The summed E-state index contributed by atoms with van der Waals surface area (Å²) in [4.78, 5) is 5.06. The van der Waals surface area contributed by atoms with Crippen LogP contribution in [0.5, 0.6) is 11.5 Å². The molecular weight excluding hydrogens is 1170 g/mol. The number of rotatable bonds is 14. The van der Waals surface area contributed by atoms with E-state index >= 15 is 0 Å². The molecule has 11 aromatic rings. The van der Waals surface area contributed by atoms with Gasteiger partial charge in [0.25, 0.3) is 6.33 Å². The Morgan fingerprint density at radius 3 is 1.58 bits per heavy atom. The van der Waals surface area contributed by atoms with Gasteiger partial charge in [0.2, 0.25) is 0 Å². The van der Waals surface area contributed by atoms with E-state index in [9.17, 15) is 0 Å². The molecule has 3 heterocycles. The van der Waals surface area contributed by atoms with Crippen molar-refractivity contribution < 1.29 is 30.4 Å². The summed E-state index contributed by atoms with van der Waals surface area (Å²) in [5.41, 5.74) is 16.3. The minimum Gasteiger partial charge on any atom is -0.510 e. The molecule has 0 aliphatic heterocycles. The van der Waals surface area contributed by atoms with Gasteiger partial charge in [-0.15, -0.1) is 29.7 Å². The number of hydrogen-bond donors (Lipinski definition) is 0. The topological polar surface area (TPSA) is 35.9 Å². The number of hydrogen-bond acceptors (Lipinski definition) is 2. The van der Waals surface area contributed by atoms with E-state index in [0.29, 0.717) is 11.5 Å². The molecule has 8 aromatic carbocycles. The smallest absolute Gasteiger partial charge is 0.267 e. The van der Waals surface area contributed by atoms with Crippen LogP contribution in [0.2, 0.25) is 0 Å². The van der Waals surface area contributed by atoms with Crippen molar-refractivity contribution in [3.63, 3.8) is 0 Å². The molecule has 412 valence electrons. The van der Waals surface area contributed by atoms with Gasteiger partial charge in [0.15, 0.2) is 0 Å². The van der Waals surface area contributed by atoms with Gasteiger partial charge >= 0.3 is 0 Å². The molecule has 11 rings (SSSR count). The minimum atomic E-state index is -0.303. The van der Waals surface area contributed by atoms with Crippen LogP contribution in [0.1, 0.15) is 152 Å². The monoisotopic (exact) mass is 1240 g/mol. The zero-order chi connectivity index (χ0) is 56.3. The van der Waals surface area contributed by atoms with Crippen molar-refractivity contribution in [3.05, 3.63) is 269 Å². The van der Waals surface area contributed by atoms with E-state index in [-0.39, 0.29) is 54.6 Å². The fourth-order valence-electron chi connectivity index (χ4n) is 11.6. The number of nitrogens with zero attached hydrogens (tertiary/aromatic N) is 4. The van der Waals surface area contributed by atoms with Gasteiger partial charge < -0.3 is 13.9 Å². The van der Waals surface area contributed by atoms with Crippen LogP contribution in [0.15, 0.2) is 200 Å². The van der Waals surface area contributed by atoms with Crippen molar-refractivity contribution in [2.24, 2.45) is 0 Å².